The van der Waals surface area contributed by atoms with E-state index in [1.54, 1.807) is 38.3 Å². The molecule has 0 aliphatic carbocycles. The lowest BCUT2D eigenvalue weighted by molar-refractivity contribution is -0.127. The van der Waals surface area contributed by atoms with Crippen molar-refractivity contribution >= 4 is 40.8 Å². The minimum atomic E-state index is -0.746. The van der Waals surface area contributed by atoms with Crippen molar-refractivity contribution in [3.8, 4) is 0 Å². The molecule has 8 nitrogen and oxygen atoms in total. The molecule has 1 saturated heterocycles. The van der Waals surface area contributed by atoms with E-state index in [-0.39, 0.29) is 18.4 Å². The molecule has 10 heteroatoms. The molecule has 28 heavy (non-hydrogen) atoms. The van der Waals surface area contributed by atoms with E-state index in [0.29, 0.717) is 27.0 Å². The Morgan fingerprint density at radius 3 is 2.75 bits per heavy atom. The van der Waals surface area contributed by atoms with Crippen LogP contribution in [0.25, 0.3) is 0 Å². The molecular weight excluding hydrogens is 404 g/mol. The van der Waals surface area contributed by atoms with Gasteiger partial charge >= 0.3 is 6.09 Å². The van der Waals surface area contributed by atoms with Gasteiger partial charge < -0.3 is 9.64 Å². The normalized spacial score (nSPS) is 16.2. The quantitative estimate of drug-likeness (QED) is 0.494. The molecular formula is C18H21ClN4O4S. The summed E-state index contributed by atoms with van der Waals surface area (Å²) < 4.78 is 5.65. The zero-order valence-corrected chi connectivity index (χ0v) is 17.1. The molecule has 2 N–H and O–H groups in total. The average Bonchev–Trinajstić information content (AvgIpc) is 3.28. The van der Waals surface area contributed by atoms with Crippen LogP contribution in [0.15, 0.2) is 48.8 Å². The van der Waals surface area contributed by atoms with Gasteiger partial charge in [0.05, 0.1) is 15.8 Å². The van der Waals surface area contributed by atoms with E-state index in [9.17, 15) is 14.4 Å². The van der Waals surface area contributed by atoms with Crippen molar-refractivity contribution < 1.29 is 19.1 Å². The maximum Gasteiger partial charge on any atom is 0.416 e. The Hall–Kier alpha value is -2.62. The number of hydrogen-bond acceptors (Lipinski definition) is 6. The predicted octanol–water partition coefficient (Wildman–Crippen LogP) is 2.87. The number of nitrogens with zero attached hydrogens (tertiary/aromatic N) is 2. The van der Waals surface area contributed by atoms with Gasteiger partial charge in [-0.25, -0.2) is 4.79 Å². The van der Waals surface area contributed by atoms with Gasteiger partial charge in [-0.15, -0.1) is 11.3 Å². The largest absolute Gasteiger partial charge is 0.426 e. The third kappa shape index (κ3) is 5.44. The highest BCUT2D eigenvalue weighted by Gasteiger charge is 2.32. The number of carbonyl (C=O) groups excluding carboxylic acids is 3. The molecule has 0 saturated carbocycles. The van der Waals surface area contributed by atoms with Gasteiger partial charge in [0.25, 0.3) is 5.91 Å². The Bertz CT molecular complexity index is 835. The van der Waals surface area contributed by atoms with E-state index in [0.717, 1.165) is 11.3 Å². The summed E-state index contributed by atoms with van der Waals surface area (Å²) >= 11 is 6.94. The Morgan fingerprint density at radius 1 is 1.43 bits per heavy atom. The number of nitrogens with one attached hydrogen (secondary N) is 2. The average molecular weight is 425 g/mol. The second-order valence-corrected chi connectivity index (χ2v) is 7.52. The van der Waals surface area contributed by atoms with E-state index in [4.69, 9.17) is 16.3 Å². The Balaban J connectivity index is 1.86. The lowest BCUT2D eigenvalue weighted by Crippen LogP contribution is -2.45. The lowest BCUT2D eigenvalue weighted by Gasteiger charge is -2.17. The van der Waals surface area contributed by atoms with E-state index < -0.39 is 12.3 Å². The first-order chi connectivity index (χ1) is 13.2. The highest BCUT2D eigenvalue weighted by molar-refractivity contribution is 7.17. The van der Waals surface area contributed by atoms with Crippen LogP contribution in [0, 0.1) is 0 Å². The summed E-state index contributed by atoms with van der Waals surface area (Å²) in [6, 6.07) is 3.21. The maximum atomic E-state index is 12.0. The smallest absolute Gasteiger partial charge is 0.416 e. The molecule has 1 atom stereocenters. The van der Waals surface area contributed by atoms with Gasteiger partial charge in [0, 0.05) is 24.9 Å². The Kier molecular flexibility index (Phi) is 7.38. The Morgan fingerprint density at radius 2 is 2.14 bits per heavy atom. The number of hydrazine groups is 1. The molecule has 0 aromatic carbocycles. The molecule has 2 rings (SSSR count). The maximum absolute atomic E-state index is 12.0. The Labute approximate surface area is 172 Å². The first-order valence-corrected chi connectivity index (χ1v) is 9.54. The first kappa shape index (κ1) is 21.7. The van der Waals surface area contributed by atoms with Crippen molar-refractivity contribution in [1.29, 1.82) is 0 Å². The molecule has 0 radical (unpaired) electrons. The SMILES string of the molecule is C=C(/C=C\C(=C)N1C[C@H](NNC(=O)c2ccc(Cl)s2)OC1=O)N(C)C(=O)CC. The third-order valence-electron chi connectivity index (χ3n) is 3.88. The summed E-state index contributed by atoms with van der Waals surface area (Å²) in [6.07, 6.45) is 2.16. The van der Waals surface area contributed by atoms with Gasteiger partial charge in [-0.2, -0.15) is 5.43 Å². The summed E-state index contributed by atoms with van der Waals surface area (Å²) in [5.41, 5.74) is 5.96. The van der Waals surface area contributed by atoms with Crippen LogP contribution in [0.3, 0.4) is 0 Å². The van der Waals surface area contributed by atoms with Crippen molar-refractivity contribution in [1.82, 2.24) is 20.7 Å². The van der Waals surface area contributed by atoms with Gasteiger partial charge in [0.1, 0.15) is 0 Å². The number of rotatable bonds is 8. The van der Waals surface area contributed by atoms with Crippen LogP contribution >= 0.6 is 22.9 Å². The molecule has 1 fully saturated rings. The number of hydrogen-bond donors (Lipinski definition) is 2. The van der Waals surface area contributed by atoms with Crippen LogP contribution in [0.2, 0.25) is 4.34 Å². The van der Waals surface area contributed by atoms with E-state index in [1.807, 2.05) is 0 Å². The van der Waals surface area contributed by atoms with E-state index >= 15 is 0 Å². The summed E-state index contributed by atoms with van der Waals surface area (Å²) in [6.45, 7) is 9.54. The van der Waals surface area contributed by atoms with Gasteiger partial charge in [-0.3, -0.25) is 19.9 Å². The van der Waals surface area contributed by atoms with E-state index in [2.05, 4.69) is 24.0 Å². The number of amides is 3. The van der Waals surface area contributed by atoms with Crippen molar-refractivity contribution in [2.45, 2.75) is 19.6 Å². The van der Waals surface area contributed by atoms with Gasteiger partial charge in [-0.1, -0.05) is 31.7 Å². The molecule has 150 valence electrons. The summed E-state index contributed by atoms with van der Waals surface area (Å²) in [5, 5.41) is 0. The fourth-order valence-electron chi connectivity index (χ4n) is 2.21. The van der Waals surface area contributed by atoms with Crippen LogP contribution in [-0.4, -0.2) is 47.5 Å². The van der Waals surface area contributed by atoms with Crippen molar-refractivity contribution in [3.05, 3.63) is 58.1 Å². The van der Waals surface area contributed by atoms with E-state index in [1.165, 1.54) is 9.80 Å². The number of allylic oxidation sites excluding steroid dienone is 2. The lowest BCUT2D eigenvalue weighted by atomic mass is 10.3. The van der Waals surface area contributed by atoms with Gasteiger partial charge in [-0.05, 0) is 24.3 Å². The predicted molar refractivity (Wildman–Crippen MR) is 107 cm³/mol. The fourth-order valence-corrected chi connectivity index (χ4v) is 3.15. The highest BCUT2D eigenvalue weighted by atomic mass is 35.5. The molecule has 0 spiro atoms. The number of carbonyl (C=O) groups is 3. The molecule has 0 unspecified atom stereocenters. The van der Waals surface area contributed by atoms with Crippen LogP contribution < -0.4 is 10.9 Å². The standard InChI is InChI=1S/C18H21ClN4O4S/c1-5-16(24)22(4)11(2)6-7-12(3)23-10-15(27-18(23)26)20-21-17(25)13-8-9-14(19)28-13/h6-9,15,20H,2-3,5,10H2,1,4H3,(H,21,25)/b7-6-/t15-/m1/s1. The summed E-state index contributed by atoms with van der Waals surface area (Å²) in [5.74, 6) is -0.460. The number of cyclic esters (lactones) is 1. The molecule has 1 aliphatic rings. The minimum absolute atomic E-state index is 0.0760. The second-order valence-electron chi connectivity index (χ2n) is 5.81. The zero-order chi connectivity index (χ0) is 20.8. The van der Waals surface area contributed by atoms with Crippen LogP contribution in [-0.2, 0) is 9.53 Å². The number of thiophene rings is 1. The number of halogens is 1. The topological polar surface area (TPSA) is 91.0 Å². The van der Waals surface area contributed by atoms with Gasteiger partial charge in [0.15, 0.2) is 6.23 Å². The highest BCUT2D eigenvalue weighted by Crippen LogP contribution is 2.21. The molecule has 0 bridgehead atoms. The number of likely N-dealkylation sites (N-methyl/N-ethyl adjacent to an activating group) is 1. The molecule has 2 heterocycles. The van der Waals surface area contributed by atoms with Crippen molar-refractivity contribution in [3.63, 3.8) is 0 Å². The van der Waals surface area contributed by atoms with Crippen LogP contribution in [0.5, 0.6) is 0 Å². The summed E-state index contributed by atoms with van der Waals surface area (Å²) in [4.78, 5) is 38.8. The van der Waals surface area contributed by atoms with Gasteiger partial charge in [0.2, 0.25) is 5.91 Å². The minimum Gasteiger partial charge on any atom is -0.426 e. The zero-order valence-electron chi connectivity index (χ0n) is 15.5. The van der Waals surface area contributed by atoms with Crippen LogP contribution in [0.1, 0.15) is 23.0 Å². The van der Waals surface area contributed by atoms with Crippen molar-refractivity contribution in [2.75, 3.05) is 13.6 Å². The third-order valence-corrected chi connectivity index (χ3v) is 5.11. The monoisotopic (exact) mass is 424 g/mol. The second kappa shape index (κ2) is 9.54. The van der Waals surface area contributed by atoms with Crippen molar-refractivity contribution in [2.24, 2.45) is 0 Å². The molecule has 3 amide bonds. The first-order valence-electron chi connectivity index (χ1n) is 8.34. The van der Waals surface area contributed by atoms with Crippen LogP contribution in [0.4, 0.5) is 4.79 Å². The molecule has 1 aliphatic heterocycles. The fraction of sp³-hybridized carbons (Fsp3) is 0.278. The molecule has 1 aromatic rings. The molecule has 1 aromatic heterocycles. The number of ether oxygens (including phenoxy) is 1. The summed E-state index contributed by atoms with van der Waals surface area (Å²) in [7, 11) is 1.62.